The van der Waals surface area contributed by atoms with E-state index >= 15 is 0 Å². The second kappa shape index (κ2) is 8.06. The summed E-state index contributed by atoms with van der Waals surface area (Å²) in [6.07, 6.45) is 5.47. The van der Waals surface area contributed by atoms with Crippen molar-refractivity contribution in [1.82, 2.24) is 10.2 Å². The molecule has 1 fully saturated rings. The molecule has 0 atom stereocenters. The highest BCUT2D eigenvalue weighted by molar-refractivity contribution is 5.87. The van der Waals surface area contributed by atoms with Crippen molar-refractivity contribution in [1.29, 1.82) is 0 Å². The average Bonchev–Trinajstić information content (AvgIpc) is 2.36. The number of hydrogen-bond donors (Lipinski definition) is 1. The van der Waals surface area contributed by atoms with Gasteiger partial charge in [-0.05, 0) is 32.9 Å². The van der Waals surface area contributed by atoms with Gasteiger partial charge < -0.3 is 15.0 Å². The summed E-state index contributed by atoms with van der Waals surface area (Å²) in [6.45, 7) is 7.01. The summed E-state index contributed by atoms with van der Waals surface area (Å²) >= 11 is 0. The summed E-state index contributed by atoms with van der Waals surface area (Å²) < 4.78 is 5.31. The lowest BCUT2D eigenvalue weighted by atomic mass is 9.92. The van der Waals surface area contributed by atoms with Crippen molar-refractivity contribution >= 4 is 5.91 Å². The average molecular weight is 252 g/mol. The van der Waals surface area contributed by atoms with Crippen LogP contribution in [0.2, 0.25) is 0 Å². The molecule has 0 saturated carbocycles. The Hall–Kier alpha value is -1.13. The Morgan fingerprint density at radius 2 is 2.11 bits per heavy atom. The van der Waals surface area contributed by atoms with Crippen LogP contribution < -0.4 is 5.32 Å². The third kappa shape index (κ3) is 5.98. The fourth-order valence-electron chi connectivity index (χ4n) is 1.88. The first-order valence-electron chi connectivity index (χ1n) is 6.44. The van der Waals surface area contributed by atoms with Crippen LogP contribution in [0, 0.1) is 5.92 Å². The van der Waals surface area contributed by atoms with E-state index in [1.807, 2.05) is 25.1 Å². The van der Waals surface area contributed by atoms with Gasteiger partial charge in [-0.3, -0.25) is 4.79 Å². The first-order chi connectivity index (χ1) is 8.59. The maximum absolute atomic E-state index is 11.5. The van der Waals surface area contributed by atoms with Crippen LogP contribution >= 0.6 is 0 Å². The van der Waals surface area contributed by atoms with Crippen molar-refractivity contribution < 1.29 is 9.53 Å². The summed E-state index contributed by atoms with van der Waals surface area (Å²) in [5, 5.41) is 2.87. The Kier molecular flexibility index (Phi) is 6.68. The molecule has 18 heavy (non-hydrogen) atoms. The van der Waals surface area contributed by atoms with Gasteiger partial charge in [0.1, 0.15) is 0 Å². The van der Waals surface area contributed by atoms with Crippen molar-refractivity contribution in [2.24, 2.45) is 5.92 Å². The monoisotopic (exact) mass is 252 g/mol. The van der Waals surface area contributed by atoms with E-state index in [9.17, 15) is 4.79 Å². The normalized spacial score (nSPS) is 17.3. The van der Waals surface area contributed by atoms with Crippen LogP contribution in [0.3, 0.4) is 0 Å². The summed E-state index contributed by atoms with van der Waals surface area (Å²) in [7, 11) is 3.93. The van der Waals surface area contributed by atoms with E-state index in [-0.39, 0.29) is 5.91 Å². The Balaban J connectivity index is 2.20. The molecule has 1 amide bonds. The number of ether oxygens (including phenoxy) is 1. The number of rotatable bonds is 6. The molecule has 1 saturated heterocycles. The maximum atomic E-state index is 11.5. The minimum atomic E-state index is -0.0509. The lowest BCUT2D eigenvalue weighted by molar-refractivity contribution is -0.116. The number of likely N-dealkylation sites (N-methyl/N-ethyl adjacent to an activating group) is 1. The minimum Gasteiger partial charge on any atom is -0.381 e. The fourth-order valence-corrected chi connectivity index (χ4v) is 1.88. The summed E-state index contributed by atoms with van der Waals surface area (Å²) in [5.41, 5.74) is 1.10. The molecule has 4 nitrogen and oxygen atoms in total. The molecule has 0 aliphatic carbocycles. The van der Waals surface area contributed by atoms with E-state index in [2.05, 4.69) is 11.9 Å². The lowest BCUT2D eigenvalue weighted by Gasteiger charge is -2.24. The molecule has 102 valence electrons. The smallest absolute Gasteiger partial charge is 0.243 e. The third-order valence-corrected chi connectivity index (χ3v) is 3.03. The van der Waals surface area contributed by atoms with Crippen LogP contribution in [-0.2, 0) is 9.53 Å². The number of nitrogens with zero attached hydrogens (tertiary/aromatic N) is 1. The minimum absolute atomic E-state index is 0.0509. The summed E-state index contributed by atoms with van der Waals surface area (Å²) in [5.74, 6) is 0.440. The maximum Gasteiger partial charge on any atom is 0.243 e. The molecular weight excluding hydrogens is 228 g/mol. The Morgan fingerprint density at radius 1 is 1.44 bits per heavy atom. The highest BCUT2D eigenvalue weighted by Crippen LogP contribution is 2.21. The van der Waals surface area contributed by atoms with Crippen molar-refractivity contribution in [2.45, 2.75) is 12.8 Å². The summed E-state index contributed by atoms with van der Waals surface area (Å²) in [6, 6.07) is 0. The van der Waals surface area contributed by atoms with E-state index < -0.39 is 0 Å². The quantitative estimate of drug-likeness (QED) is 0.570. The van der Waals surface area contributed by atoms with Gasteiger partial charge in [0.2, 0.25) is 5.91 Å². The molecule has 1 aliphatic heterocycles. The molecule has 1 rings (SSSR count). The predicted molar refractivity (Wildman–Crippen MR) is 73.4 cm³/mol. The number of carbonyl (C=O) groups excluding carboxylic acids is 1. The molecular formula is C14H24N2O2. The van der Waals surface area contributed by atoms with Gasteiger partial charge in [-0.1, -0.05) is 18.2 Å². The van der Waals surface area contributed by atoms with Crippen LogP contribution in [0.5, 0.6) is 0 Å². The zero-order valence-electron chi connectivity index (χ0n) is 11.4. The molecule has 1 aliphatic rings. The Bertz CT molecular complexity index is 305. The van der Waals surface area contributed by atoms with Gasteiger partial charge in [-0.2, -0.15) is 0 Å². The molecule has 0 aromatic heterocycles. The fraction of sp³-hybridized carbons (Fsp3) is 0.643. The van der Waals surface area contributed by atoms with Crippen molar-refractivity contribution in [2.75, 3.05) is 40.4 Å². The predicted octanol–water partition coefficient (Wildman–Crippen LogP) is 1.20. The molecule has 1 heterocycles. The Labute approximate surface area is 110 Å². The third-order valence-electron chi connectivity index (χ3n) is 3.03. The molecule has 0 spiro atoms. The highest BCUT2D eigenvalue weighted by Gasteiger charge is 2.16. The van der Waals surface area contributed by atoms with Crippen LogP contribution in [-0.4, -0.2) is 51.2 Å². The largest absolute Gasteiger partial charge is 0.381 e. The zero-order chi connectivity index (χ0) is 13.4. The Morgan fingerprint density at radius 3 is 2.72 bits per heavy atom. The van der Waals surface area contributed by atoms with Gasteiger partial charge >= 0.3 is 0 Å². The molecule has 0 unspecified atom stereocenters. The van der Waals surface area contributed by atoms with E-state index in [1.165, 1.54) is 0 Å². The molecule has 0 bridgehead atoms. The molecule has 4 heteroatoms. The van der Waals surface area contributed by atoms with E-state index in [0.29, 0.717) is 12.5 Å². The topological polar surface area (TPSA) is 41.6 Å². The number of hydrogen-bond acceptors (Lipinski definition) is 3. The van der Waals surface area contributed by atoms with Gasteiger partial charge in [0.25, 0.3) is 0 Å². The number of nitrogens with one attached hydrogen (secondary N) is 1. The summed E-state index contributed by atoms with van der Waals surface area (Å²) in [4.78, 5) is 13.5. The van der Waals surface area contributed by atoms with Gasteiger partial charge in [-0.25, -0.2) is 0 Å². The van der Waals surface area contributed by atoms with Crippen molar-refractivity contribution in [3.05, 3.63) is 24.3 Å². The highest BCUT2D eigenvalue weighted by atomic mass is 16.5. The van der Waals surface area contributed by atoms with E-state index in [4.69, 9.17) is 4.74 Å². The number of carbonyl (C=O) groups is 1. The molecule has 0 aromatic carbocycles. The molecule has 0 radical (unpaired) electrons. The van der Waals surface area contributed by atoms with Crippen molar-refractivity contribution in [3.63, 3.8) is 0 Å². The second-order valence-electron chi connectivity index (χ2n) is 4.93. The molecule has 0 aromatic rings. The van der Waals surface area contributed by atoms with Crippen LogP contribution in [0.4, 0.5) is 0 Å². The lowest BCUT2D eigenvalue weighted by Crippen LogP contribution is -2.28. The van der Waals surface area contributed by atoms with Gasteiger partial charge in [0.05, 0.1) is 0 Å². The van der Waals surface area contributed by atoms with Gasteiger partial charge in [0, 0.05) is 32.4 Å². The second-order valence-corrected chi connectivity index (χ2v) is 4.93. The van der Waals surface area contributed by atoms with Gasteiger partial charge in [-0.15, -0.1) is 0 Å². The van der Waals surface area contributed by atoms with E-state index in [0.717, 1.165) is 38.2 Å². The first-order valence-corrected chi connectivity index (χ1v) is 6.44. The van der Waals surface area contributed by atoms with E-state index in [1.54, 1.807) is 6.08 Å². The van der Waals surface area contributed by atoms with Crippen LogP contribution in [0.25, 0.3) is 0 Å². The van der Waals surface area contributed by atoms with Crippen LogP contribution in [0.1, 0.15) is 12.8 Å². The first kappa shape index (κ1) is 14.9. The zero-order valence-corrected chi connectivity index (χ0v) is 11.4. The van der Waals surface area contributed by atoms with Crippen molar-refractivity contribution in [3.8, 4) is 0 Å². The number of amides is 1. The van der Waals surface area contributed by atoms with Gasteiger partial charge in [0.15, 0.2) is 0 Å². The SMILES string of the molecule is C=C(CNC(=O)/C=C/CN(C)C)C1CCOCC1. The molecule has 1 N–H and O–H groups in total. The van der Waals surface area contributed by atoms with Crippen LogP contribution in [0.15, 0.2) is 24.3 Å². The standard InChI is InChI=1S/C14H24N2O2/c1-12(13-6-9-18-10-7-13)11-15-14(17)5-4-8-16(2)3/h4-5,13H,1,6-11H2,2-3H3,(H,15,17)/b5-4+.